The van der Waals surface area contributed by atoms with Crippen LogP contribution < -0.4 is 15.5 Å². The average molecular weight is 375 g/mol. The van der Waals surface area contributed by atoms with E-state index >= 15 is 0 Å². The largest absolute Gasteiger partial charge is 0.494 e. The smallest absolute Gasteiger partial charge is 0.488 e. The lowest BCUT2D eigenvalue weighted by Crippen LogP contribution is -2.41. The van der Waals surface area contributed by atoms with Gasteiger partial charge in [-0.1, -0.05) is 12.1 Å². The number of carbonyl (C=O) groups is 1. The lowest BCUT2D eigenvalue weighted by atomic mass is 9.79. The van der Waals surface area contributed by atoms with Crippen molar-refractivity contribution in [2.24, 2.45) is 0 Å². The third-order valence-electron chi connectivity index (χ3n) is 5.13. The number of hydrogen-bond acceptors (Lipinski definition) is 5. The van der Waals surface area contributed by atoms with Gasteiger partial charge in [0.1, 0.15) is 17.5 Å². The highest BCUT2D eigenvalue weighted by atomic mass is 16.7. The molecule has 2 aliphatic rings. The van der Waals surface area contributed by atoms with Gasteiger partial charge in [-0.25, -0.2) is 4.79 Å². The first kappa shape index (κ1) is 20.0. The van der Waals surface area contributed by atoms with Crippen molar-refractivity contribution < 1.29 is 23.6 Å². The quantitative estimate of drug-likeness (QED) is 0.820. The van der Waals surface area contributed by atoms with Crippen LogP contribution in [0.15, 0.2) is 24.3 Å². The van der Waals surface area contributed by atoms with E-state index in [1.807, 2.05) is 72.7 Å². The monoisotopic (exact) mass is 375 g/mol. The second-order valence-corrected chi connectivity index (χ2v) is 9.30. The van der Waals surface area contributed by atoms with Gasteiger partial charge in [-0.2, -0.15) is 0 Å². The zero-order valence-electron chi connectivity index (χ0n) is 17.3. The zero-order valence-corrected chi connectivity index (χ0v) is 17.3. The van der Waals surface area contributed by atoms with Crippen LogP contribution in [-0.4, -0.2) is 42.2 Å². The summed E-state index contributed by atoms with van der Waals surface area (Å²) in [6.07, 6.45) is 0.341. The third kappa shape index (κ3) is 4.77. The van der Waals surface area contributed by atoms with Crippen molar-refractivity contribution in [1.29, 1.82) is 0 Å². The van der Waals surface area contributed by atoms with Gasteiger partial charge in [-0.3, -0.25) is 0 Å². The highest BCUT2D eigenvalue weighted by molar-refractivity contribution is 6.62. The van der Waals surface area contributed by atoms with E-state index in [2.05, 4.69) is 5.32 Å². The average Bonchev–Trinajstić information content (AvgIpc) is 3.16. The molecule has 1 amide bonds. The van der Waals surface area contributed by atoms with E-state index in [9.17, 15) is 4.79 Å². The summed E-state index contributed by atoms with van der Waals surface area (Å²) < 4.78 is 23.3. The van der Waals surface area contributed by atoms with Crippen molar-refractivity contribution in [3.63, 3.8) is 0 Å². The van der Waals surface area contributed by atoms with Gasteiger partial charge in [0.2, 0.25) is 0 Å². The molecule has 0 spiro atoms. The zero-order chi connectivity index (χ0) is 20.0. The first-order chi connectivity index (χ1) is 12.4. The molecule has 1 aliphatic heterocycles. The minimum atomic E-state index is -0.501. The predicted molar refractivity (Wildman–Crippen MR) is 104 cm³/mol. The molecule has 1 unspecified atom stereocenters. The summed E-state index contributed by atoms with van der Waals surface area (Å²) in [6, 6.07) is 7.71. The van der Waals surface area contributed by atoms with Crippen molar-refractivity contribution in [3.05, 3.63) is 24.3 Å². The molecule has 2 atom stereocenters. The fourth-order valence-electron chi connectivity index (χ4n) is 2.77. The van der Waals surface area contributed by atoms with Gasteiger partial charge in [0, 0.05) is 6.42 Å². The van der Waals surface area contributed by atoms with Crippen LogP contribution in [0.2, 0.25) is 0 Å². The highest BCUT2D eigenvalue weighted by Gasteiger charge is 2.51. The summed E-state index contributed by atoms with van der Waals surface area (Å²) in [5.41, 5.74) is -0.262. The van der Waals surface area contributed by atoms with E-state index < -0.39 is 11.7 Å². The molecule has 3 rings (SSSR count). The van der Waals surface area contributed by atoms with E-state index in [0.29, 0.717) is 0 Å². The van der Waals surface area contributed by atoms with E-state index in [0.717, 1.165) is 17.6 Å². The van der Waals surface area contributed by atoms with Crippen molar-refractivity contribution in [3.8, 4) is 5.75 Å². The van der Waals surface area contributed by atoms with Gasteiger partial charge in [0.25, 0.3) is 0 Å². The summed E-state index contributed by atoms with van der Waals surface area (Å²) in [4.78, 5) is 11.8. The van der Waals surface area contributed by atoms with Crippen LogP contribution in [0.25, 0.3) is 0 Å². The number of hydrogen-bond donors (Lipinski definition) is 1. The second kappa shape index (κ2) is 6.71. The molecular weight excluding hydrogens is 345 g/mol. The molecule has 2 fully saturated rings. The van der Waals surface area contributed by atoms with Crippen LogP contribution in [0.5, 0.6) is 5.75 Å². The standard InChI is InChI=1S/C20H30BNO5/c1-18(2,3)25-17(23)22-15-12-16(15)24-14-10-8-13(9-11-14)21-26-19(4,5)20(6,7)27-21/h8-11,15-16H,12H2,1-7H3,(H,22,23)/t15-,16?/m1/s1. The molecule has 1 heterocycles. The molecule has 0 bridgehead atoms. The van der Waals surface area contributed by atoms with Gasteiger partial charge >= 0.3 is 13.2 Å². The SMILES string of the molecule is CC(C)(C)OC(=O)N[C@@H]1CC1Oc1ccc(B2OC(C)(C)C(C)(C)O2)cc1. The van der Waals surface area contributed by atoms with Crippen LogP contribution in [0, 0.1) is 0 Å². The Balaban J connectivity index is 1.51. The molecule has 1 saturated heterocycles. The van der Waals surface area contributed by atoms with E-state index in [4.69, 9.17) is 18.8 Å². The Bertz CT molecular complexity index is 679. The topological polar surface area (TPSA) is 66.0 Å². The summed E-state index contributed by atoms with van der Waals surface area (Å²) in [5, 5.41) is 2.83. The first-order valence-electron chi connectivity index (χ1n) is 9.48. The number of benzene rings is 1. The van der Waals surface area contributed by atoms with Gasteiger partial charge in [0.15, 0.2) is 0 Å². The maximum Gasteiger partial charge on any atom is 0.494 e. The Kier molecular flexibility index (Phi) is 4.97. The van der Waals surface area contributed by atoms with Gasteiger partial charge < -0.3 is 24.1 Å². The molecule has 0 aromatic heterocycles. The van der Waals surface area contributed by atoms with Crippen LogP contribution in [0.3, 0.4) is 0 Å². The van der Waals surface area contributed by atoms with Crippen LogP contribution >= 0.6 is 0 Å². The number of amides is 1. The molecule has 6 nitrogen and oxygen atoms in total. The van der Waals surface area contributed by atoms with Gasteiger partial charge in [0.05, 0.1) is 17.2 Å². The van der Waals surface area contributed by atoms with Crippen molar-refractivity contribution in [1.82, 2.24) is 5.32 Å². The van der Waals surface area contributed by atoms with Gasteiger partial charge in [-0.15, -0.1) is 0 Å². The Morgan fingerprint density at radius 1 is 1.11 bits per heavy atom. The molecule has 1 N–H and O–H groups in total. The number of alkyl carbamates (subject to hydrolysis) is 1. The Morgan fingerprint density at radius 3 is 2.19 bits per heavy atom. The maximum atomic E-state index is 11.8. The summed E-state index contributed by atoms with van der Waals surface area (Å²) in [7, 11) is -0.383. The number of ether oxygens (including phenoxy) is 2. The Hall–Kier alpha value is -1.73. The minimum Gasteiger partial charge on any atom is -0.488 e. The first-order valence-corrected chi connectivity index (χ1v) is 9.48. The molecule has 7 heteroatoms. The van der Waals surface area contributed by atoms with E-state index in [-0.39, 0.29) is 30.5 Å². The molecule has 0 radical (unpaired) electrons. The predicted octanol–water partition coefficient (Wildman–Crippen LogP) is 3.03. The minimum absolute atomic E-state index is 0.0115. The fourth-order valence-corrected chi connectivity index (χ4v) is 2.77. The number of nitrogens with one attached hydrogen (secondary N) is 1. The summed E-state index contributed by atoms with van der Waals surface area (Å²) >= 11 is 0. The van der Waals surface area contributed by atoms with Crippen molar-refractivity contribution in [2.75, 3.05) is 0 Å². The number of carbonyl (C=O) groups excluding carboxylic acids is 1. The van der Waals surface area contributed by atoms with Crippen LogP contribution in [0.4, 0.5) is 4.79 Å². The second-order valence-electron chi connectivity index (χ2n) is 9.30. The van der Waals surface area contributed by atoms with Gasteiger partial charge in [-0.05, 0) is 66.1 Å². The van der Waals surface area contributed by atoms with E-state index in [1.54, 1.807) is 0 Å². The third-order valence-corrected chi connectivity index (χ3v) is 5.13. The van der Waals surface area contributed by atoms with E-state index in [1.165, 1.54) is 0 Å². The van der Waals surface area contributed by atoms with Crippen molar-refractivity contribution >= 4 is 18.7 Å². The fraction of sp³-hybridized carbons (Fsp3) is 0.650. The van der Waals surface area contributed by atoms with Crippen molar-refractivity contribution in [2.45, 2.75) is 83.8 Å². The molecule has 1 saturated carbocycles. The number of rotatable bonds is 4. The molecule has 1 aromatic rings. The lowest BCUT2D eigenvalue weighted by molar-refractivity contribution is 0.00578. The molecule has 27 heavy (non-hydrogen) atoms. The summed E-state index contributed by atoms with van der Waals surface area (Å²) in [6.45, 7) is 13.7. The summed E-state index contributed by atoms with van der Waals surface area (Å²) in [5.74, 6) is 0.758. The lowest BCUT2D eigenvalue weighted by Gasteiger charge is -2.32. The molecule has 1 aromatic carbocycles. The molecular formula is C20H30BNO5. The molecule has 1 aliphatic carbocycles. The Morgan fingerprint density at radius 2 is 1.67 bits per heavy atom. The van der Waals surface area contributed by atoms with Crippen LogP contribution in [0.1, 0.15) is 54.9 Å². The van der Waals surface area contributed by atoms with Crippen LogP contribution in [-0.2, 0) is 14.0 Å². The Labute approximate surface area is 162 Å². The highest BCUT2D eigenvalue weighted by Crippen LogP contribution is 2.36. The maximum absolute atomic E-state index is 11.8. The molecule has 148 valence electrons. The normalized spacial score (nSPS) is 25.8.